The Morgan fingerprint density at radius 3 is 2.08 bits per heavy atom. The molecule has 0 aliphatic carbocycles. The van der Waals surface area contributed by atoms with Crippen molar-refractivity contribution >= 4 is 92.3 Å². The lowest BCUT2D eigenvalue weighted by molar-refractivity contribution is -0.665. The number of nitrogens with zero attached hydrogens (tertiary/aromatic N) is 4. The largest absolute Gasteiger partial charge is 0.747 e. The van der Waals surface area contributed by atoms with Crippen LogP contribution in [0.1, 0.15) is 50.3 Å². The molecule has 4 aromatic carbocycles. The number of aliphatic carboxylic acids is 1. The maximum absolute atomic E-state index is 13.8. The van der Waals surface area contributed by atoms with E-state index >= 15 is 0 Å². The fraction of sp³-hybridized carbons (Fsp3) is 0.234. The zero-order valence-electron chi connectivity index (χ0n) is 38.9. The lowest BCUT2D eigenvalue weighted by Crippen LogP contribution is -2.43. The molecule has 0 saturated heterocycles. The van der Waals surface area contributed by atoms with Crippen molar-refractivity contribution in [2.75, 3.05) is 28.1 Å². The number of amides is 1. The summed E-state index contributed by atoms with van der Waals surface area (Å²) in [6.07, 6.45) is 8.76. The summed E-state index contributed by atoms with van der Waals surface area (Å²) < 4.78 is 159. The number of carbonyl (C=O) groups excluding carboxylic acids is 1. The van der Waals surface area contributed by atoms with E-state index in [0.29, 0.717) is 33.9 Å². The van der Waals surface area contributed by atoms with E-state index < -0.39 is 97.8 Å². The van der Waals surface area contributed by atoms with Gasteiger partial charge in [-0.3, -0.25) is 14.5 Å². The predicted molar refractivity (Wildman–Crippen MR) is 256 cm³/mol. The number of benzene rings is 4. The van der Waals surface area contributed by atoms with E-state index in [1.807, 2.05) is 19.9 Å². The van der Waals surface area contributed by atoms with Crippen molar-refractivity contribution in [2.24, 2.45) is 0 Å². The zero-order chi connectivity index (χ0) is 53.2. The molecule has 384 valence electrons. The van der Waals surface area contributed by atoms with Crippen LogP contribution in [0.2, 0.25) is 0 Å². The highest BCUT2D eigenvalue weighted by Gasteiger charge is 2.45. The molecule has 0 fully saturated rings. The van der Waals surface area contributed by atoms with Crippen LogP contribution in [0.5, 0.6) is 5.75 Å². The van der Waals surface area contributed by atoms with Gasteiger partial charge in [0.25, 0.3) is 11.4 Å². The number of rotatable bonds is 16. The van der Waals surface area contributed by atoms with E-state index in [1.165, 1.54) is 44.4 Å². The van der Waals surface area contributed by atoms with E-state index in [0.717, 1.165) is 34.7 Å². The third kappa shape index (κ3) is 10.9. The van der Waals surface area contributed by atoms with Gasteiger partial charge in [-0.1, -0.05) is 50.3 Å². The smallest absolute Gasteiger partial charge is 0.374 e. The monoisotopic (exact) mass is 1080 g/mol. The highest BCUT2D eigenvalue weighted by atomic mass is 32.2. The van der Waals surface area contributed by atoms with Crippen LogP contribution in [-0.2, 0) is 74.0 Å². The first kappa shape index (κ1) is 52.3. The second kappa shape index (κ2) is 18.8. The van der Waals surface area contributed by atoms with Gasteiger partial charge >= 0.3 is 11.9 Å². The Morgan fingerprint density at radius 1 is 0.740 bits per heavy atom. The van der Waals surface area contributed by atoms with Crippen LogP contribution in [-0.4, -0.2) is 97.5 Å². The Balaban J connectivity index is 1.07. The molecule has 73 heavy (non-hydrogen) atoms. The molecular formula is C47H43N5O17S4-2. The molecule has 0 atom stereocenters. The van der Waals surface area contributed by atoms with Gasteiger partial charge in [0.2, 0.25) is 29.6 Å². The van der Waals surface area contributed by atoms with Gasteiger partial charge in [0.15, 0.2) is 21.6 Å². The number of nitrogens with one attached hydrogen (secondary N) is 1. The van der Waals surface area contributed by atoms with Gasteiger partial charge in [-0.05, 0) is 79.6 Å². The number of hydrogen-bond donors (Lipinski definition) is 2. The lowest BCUT2D eigenvalue weighted by Gasteiger charge is -2.27. The third-order valence-corrected chi connectivity index (χ3v) is 15.2. The Bertz CT molecular complexity index is 3800. The fourth-order valence-corrected chi connectivity index (χ4v) is 11.3. The molecule has 0 bridgehead atoms. The van der Waals surface area contributed by atoms with Gasteiger partial charge in [-0.2, -0.15) is 4.58 Å². The summed E-state index contributed by atoms with van der Waals surface area (Å²) in [5.41, 5.74) is 2.01. The van der Waals surface area contributed by atoms with Gasteiger partial charge in [0, 0.05) is 47.1 Å². The molecule has 5 aromatic rings. The standard InChI is InChI=1S/C47H45N5O17S4/c1-46(2)32-9-5-6-10-34(32)51(27-70(56,57)58)40(46)11-7-12-41-47(3,4)33-21-29(15-18-35(33)52(41)28-71(59,60)61)24-48-42(53)25-49-36-22-30(72(62,63)64)16-19-38(36)68-43(49)13-8-14-44-50(26-45(54)55)37-23-31(73(65,66)67)17-20-39(37)69-44/h5-23H,24-28H2,1-4H3,(H4-2,48,53,54,55,56,57,58,59,60,61,62,63,64,65,66,67)/p-2. The maximum atomic E-state index is 13.8. The molecule has 8 rings (SSSR count). The number of carbonyl (C=O) groups is 2. The molecule has 1 aromatic heterocycles. The third-order valence-electron chi connectivity index (χ3n) is 12.4. The summed E-state index contributed by atoms with van der Waals surface area (Å²) >= 11 is 0. The van der Waals surface area contributed by atoms with Gasteiger partial charge < -0.3 is 42.7 Å². The first-order valence-electron chi connectivity index (χ1n) is 21.7. The summed E-state index contributed by atoms with van der Waals surface area (Å²) in [7, 11) is -19.5. The Labute approximate surface area is 419 Å². The number of fused-ring (bicyclic) bond motifs is 4. The molecule has 0 unspecified atom stereocenters. The minimum atomic E-state index is -4.98. The number of carboxylic acids is 1. The van der Waals surface area contributed by atoms with Crippen molar-refractivity contribution < 1.29 is 84.9 Å². The Hall–Kier alpha value is -7.04. The number of aromatic nitrogens is 1. The lowest BCUT2D eigenvalue weighted by atomic mass is 9.81. The van der Waals surface area contributed by atoms with E-state index in [1.54, 1.807) is 68.5 Å². The van der Waals surface area contributed by atoms with Crippen molar-refractivity contribution in [3.8, 4) is 5.75 Å². The molecular weight excluding hydrogens is 1030 g/mol. The predicted octanol–water partition coefficient (Wildman–Crippen LogP) is 3.30. The highest BCUT2D eigenvalue weighted by molar-refractivity contribution is 7.86. The number of allylic oxidation sites excluding steroid dienone is 6. The molecule has 22 nitrogen and oxygen atoms in total. The van der Waals surface area contributed by atoms with Gasteiger partial charge in [-0.25, -0.2) is 33.7 Å². The zero-order valence-corrected chi connectivity index (χ0v) is 42.2. The summed E-state index contributed by atoms with van der Waals surface area (Å²) in [4.78, 5) is 26.7. The first-order valence-corrected chi connectivity index (χ1v) is 27.7. The van der Waals surface area contributed by atoms with Crippen LogP contribution in [0.3, 0.4) is 0 Å². The minimum absolute atomic E-state index is 0.0198. The molecule has 1 amide bonds. The van der Waals surface area contributed by atoms with E-state index in [-0.39, 0.29) is 40.9 Å². The second-order valence-corrected chi connectivity index (χ2v) is 23.6. The first-order chi connectivity index (χ1) is 33.9. The molecule has 26 heteroatoms. The number of anilines is 2. The van der Waals surface area contributed by atoms with Gasteiger partial charge in [-0.15, -0.1) is 4.57 Å². The molecule has 3 aliphatic rings. The number of carboxylic acid groups (broad SMARTS) is 1. The van der Waals surface area contributed by atoms with Crippen molar-refractivity contribution in [2.45, 2.75) is 61.4 Å². The Kier molecular flexibility index (Phi) is 13.5. The van der Waals surface area contributed by atoms with Crippen LogP contribution in [0.25, 0.3) is 17.2 Å². The number of ether oxygens (including phenoxy) is 1. The SMILES string of the molecule is CC1(C)C(=CC=CC2=[N+](CS(=O)(=O)[O-])c3ccccc3C2(C)C)N(CS(=O)(=O)[O-])c2ccc(CNC(=O)C[n+]3c(/C=C/C=C4\Oc5ccc(S(=O)(=O)[O-])cc5N4CC(=O)O)oc4ccc(S(=O)(=O)[O-])cc43)cc21. The molecule has 2 N–H and O–H groups in total. The summed E-state index contributed by atoms with van der Waals surface area (Å²) in [5, 5.41) is 12.4. The average Bonchev–Trinajstić information content (AvgIpc) is 3.92. The number of hydrogen-bond acceptors (Lipinski definition) is 18. The normalized spacial score (nSPS) is 17.5. The molecule has 0 spiro atoms. The van der Waals surface area contributed by atoms with Gasteiger partial charge in [0.05, 0.1) is 27.0 Å². The van der Waals surface area contributed by atoms with E-state index in [4.69, 9.17) is 9.15 Å². The van der Waals surface area contributed by atoms with Crippen LogP contribution in [0.4, 0.5) is 17.1 Å². The van der Waals surface area contributed by atoms with Crippen molar-refractivity contribution in [1.82, 2.24) is 5.32 Å². The van der Waals surface area contributed by atoms with Crippen molar-refractivity contribution in [3.63, 3.8) is 0 Å². The van der Waals surface area contributed by atoms with Crippen LogP contribution in [0.15, 0.2) is 135 Å². The maximum Gasteiger partial charge on any atom is 0.374 e. The van der Waals surface area contributed by atoms with Crippen molar-refractivity contribution in [1.29, 1.82) is 0 Å². The van der Waals surface area contributed by atoms with E-state index in [2.05, 4.69) is 5.32 Å². The van der Waals surface area contributed by atoms with Crippen molar-refractivity contribution in [3.05, 3.63) is 143 Å². The summed E-state index contributed by atoms with van der Waals surface area (Å²) in [6, 6.07) is 18.4. The quantitative estimate of drug-likeness (QED) is 0.106. The minimum Gasteiger partial charge on any atom is -0.747 e. The van der Waals surface area contributed by atoms with Crippen LogP contribution < -0.4 is 24.4 Å². The average molecular weight is 1080 g/mol. The summed E-state index contributed by atoms with van der Waals surface area (Å²) in [6.45, 7) is 6.00. The van der Waals surface area contributed by atoms with E-state index in [9.17, 15) is 66.6 Å². The molecule has 3 aliphatic heterocycles. The summed E-state index contributed by atoms with van der Waals surface area (Å²) in [5.74, 6) is -3.88. The van der Waals surface area contributed by atoms with Gasteiger partial charge in [0.1, 0.15) is 42.8 Å². The molecule has 0 saturated carbocycles. The second-order valence-electron chi connectivity index (χ2n) is 18.1. The van der Waals surface area contributed by atoms with Crippen LogP contribution >= 0.6 is 0 Å². The van der Waals surface area contributed by atoms with Crippen LogP contribution in [0, 0.1) is 0 Å². The molecule has 0 radical (unpaired) electrons. The topological polar surface area (TPSA) is 331 Å². The fourth-order valence-electron chi connectivity index (χ4n) is 9.09. The number of para-hydroxylation sites is 1. The molecule has 4 heterocycles. The highest BCUT2D eigenvalue weighted by Crippen LogP contribution is 2.49. The number of oxazole rings is 1. The Morgan fingerprint density at radius 2 is 1.41 bits per heavy atom.